The normalized spacial score (nSPS) is 10.5. The Balaban J connectivity index is 2.56. The third kappa shape index (κ3) is 2.44. The molecule has 94 valence electrons. The van der Waals surface area contributed by atoms with E-state index in [1.165, 1.54) is 0 Å². The summed E-state index contributed by atoms with van der Waals surface area (Å²) in [6.07, 6.45) is 0. The molecule has 0 atom stereocenters. The molecule has 0 N–H and O–H groups in total. The Labute approximate surface area is 121 Å². The Hall–Kier alpha value is -0.890. The van der Waals surface area contributed by atoms with Crippen LogP contribution in [0.5, 0.6) is 5.75 Å². The second kappa shape index (κ2) is 5.40. The lowest BCUT2D eigenvalue weighted by Crippen LogP contribution is -1.88. The highest BCUT2D eigenvalue weighted by Crippen LogP contribution is 2.38. The number of aryl methyl sites for hydroxylation is 1. The average molecular weight is 302 g/mol. The van der Waals surface area contributed by atoms with E-state index in [4.69, 9.17) is 39.5 Å². The fourth-order valence-electron chi connectivity index (χ4n) is 1.79. The number of benzene rings is 2. The van der Waals surface area contributed by atoms with Gasteiger partial charge in [-0.25, -0.2) is 0 Å². The summed E-state index contributed by atoms with van der Waals surface area (Å²) in [5.41, 5.74) is 2.88. The van der Waals surface area contributed by atoms with Gasteiger partial charge in [-0.15, -0.1) is 0 Å². The Morgan fingerprint density at radius 2 is 1.67 bits per heavy atom. The Bertz CT molecular complexity index is 594. The van der Waals surface area contributed by atoms with Gasteiger partial charge >= 0.3 is 0 Å². The third-order valence-corrected chi connectivity index (χ3v) is 4.03. The van der Waals surface area contributed by atoms with Crippen molar-refractivity contribution in [2.75, 3.05) is 7.11 Å². The molecule has 0 saturated heterocycles. The first-order chi connectivity index (χ1) is 8.54. The van der Waals surface area contributed by atoms with E-state index in [9.17, 15) is 0 Å². The van der Waals surface area contributed by atoms with Crippen molar-refractivity contribution in [2.45, 2.75) is 6.92 Å². The average Bonchev–Trinajstić information content (AvgIpc) is 2.36. The molecule has 4 heteroatoms. The van der Waals surface area contributed by atoms with Crippen molar-refractivity contribution in [1.82, 2.24) is 0 Å². The SMILES string of the molecule is COc1ccc(-c2ccc(Cl)c(Cl)c2Cl)cc1C. The molecule has 0 aromatic heterocycles. The largest absolute Gasteiger partial charge is 0.496 e. The maximum absolute atomic E-state index is 6.21. The molecule has 2 aromatic rings. The smallest absolute Gasteiger partial charge is 0.121 e. The summed E-state index contributed by atoms with van der Waals surface area (Å²) < 4.78 is 5.23. The van der Waals surface area contributed by atoms with Crippen LogP contribution in [0.3, 0.4) is 0 Å². The van der Waals surface area contributed by atoms with Gasteiger partial charge in [-0.2, -0.15) is 0 Å². The Kier molecular flexibility index (Phi) is 4.06. The van der Waals surface area contributed by atoms with E-state index >= 15 is 0 Å². The molecule has 0 bridgehead atoms. The van der Waals surface area contributed by atoms with Crippen LogP contribution in [0.4, 0.5) is 0 Å². The summed E-state index contributed by atoms with van der Waals surface area (Å²) >= 11 is 18.2. The zero-order valence-corrected chi connectivity index (χ0v) is 12.2. The van der Waals surface area contributed by atoms with Crippen LogP contribution in [-0.4, -0.2) is 7.11 Å². The first-order valence-electron chi connectivity index (χ1n) is 5.33. The summed E-state index contributed by atoms with van der Waals surface area (Å²) in [5, 5.41) is 1.30. The van der Waals surface area contributed by atoms with Crippen LogP contribution in [0, 0.1) is 6.92 Å². The molecule has 0 spiro atoms. The highest BCUT2D eigenvalue weighted by molar-refractivity contribution is 6.49. The monoisotopic (exact) mass is 300 g/mol. The Morgan fingerprint density at radius 3 is 2.28 bits per heavy atom. The van der Waals surface area contributed by atoms with Gasteiger partial charge in [0.25, 0.3) is 0 Å². The second-order valence-corrected chi connectivity index (χ2v) is 5.07. The van der Waals surface area contributed by atoms with Crippen molar-refractivity contribution in [2.24, 2.45) is 0 Å². The van der Waals surface area contributed by atoms with E-state index in [0.717, 1.165) is 22.4 Å². The standard InChI is InChI=1S/C14H11Cl3O/c1-8-7-9(3-6-12(8)18-2)10-4-5-11(15)14(17)13(10)16/h3-7H,1-2H3. The van der Waals surface area contributed by atoms with Crippen LogP contribution in [0.15, 0.2) is 30.3 Å². The molecule has 0 amide bonds. The van der Waals surface area contributed by atoms with Crippen molar-refractivity contribution >= 4 is 34.8 Å². The van der Waals surface area contributed by atoms with Crippen LogP contribution in [0.1, 0.15) is 5.56 Å². The minimum atomic E-state index is 0.379. The van der Waals surface area contributed by atoms with Gasteiger partial charge in [0, 0.05) is 5.56 Å². The molecular weight excluding hydrogens is 291 g/mol. The van der Waals surface area contributed by atoms with E-state index in [0.29, 0.717) is 15.1 Å². The maximum Gasteiger partial charge on any atom is 0.121 e. The van der Waals surface area contributed by atoms with Crippen molar-refractivity contribution < 1.29 is 4.74 Å². The zero-order chi connectivity index (χ0) is 13.3. The molecule has 0 aliphatic carbocycles. The van der Waals surface area contributed by atoms with Crippen molar-refractivity contribution in [3.8, 4) is 16.9 Å². The Morgan fingerprint density at radius 1 is 0.944 bits per heavy atom. The molecule has 0 radical (unpaired) electrons. The number of halogens is 3. The summed E-state index contributed by atoms with van der Waals surface area (Å²) in [4.78, 5) is 0. The lowest BCUT2D eigenvalue weighted by atomic mass is 10.0. The summed E-state index contributed by atoms with van der Waals surface area (Å²) in [6.45, 7) is 1.98. The molecule has 0 aliphatic heterocycles. The quantitative estimate of drug-likeness (QED) is 0.653. The number of methoxy groups -OCH3 is 1. The van der Waals surface area contributed by atoms with Gasteiger partial charge in [0.05, 0.1) is 22.2 Å². The van der Waals surface area contributed by atoms with Gasteiger partial charge in [0.2, 0.25) is 0 Å². The molecule has 0 aliphatic rings. The number of hydrogen-bond acceptors (Lipinski definition) is 1. The summed E-state index contributed by atoms with van der Waals surface area (Å²) in [5.74, 6) is 0.843. The van der Waals surface area contributed by atoms with Gasteiger partial charge in [0.1, 0.15) is 5.75 Å². The molecule has 0 heterocycles. The van der Waals surface area contributed by atoms with E-state index in [2.05, 4.69) is 0 Å². The molecule has 2 rings (SSSR count). The van der Waals surface area contributed by atoms with E-state index in [1.54, 1.807) is 13.2 Å². The number of rotatable bonds is 2. The van der Waals surface area contributed by atoms with Crippen LogP contribution in [0.2, 0.25) is 15.1 Å². The minimum Gasteiger partial charge on any atom is -0.496 e. The van der Waals surface area contributed by atoms with Gasteiger partial charge in [0.15, 0.2) is 0 Å². The molecule has 1 nitrogen and oxygen atoms in total. The second-order valence-electron chi connectivity index (χ2n) is 3.91. The first kappa shape index (κ1) is 13.5. The van der Waals surface area contributed by atoms with Crippen LogP contribution < -0.4 is 4.74 Å². The van der Waals surface area contributed by atoms with Crippen LogP contribution in [0.25, 0.3) is 11.1 Å². The molecule has 0 saturated carbocycles. The summed E-state index contributed by atoms with van der Waals surface area (Å²) in [6, 6.07) is 9.45. The van der Waals surface area contributed by atoms with E-state index in [-0.39, 0.29) is 0 Å². The molecular formula is C14H11Cl3O. The van der Waals surface area contributed by atoms with Crippen molar-refractivity contribution in [3.05, 3.63) is 51.0 Å². The highest BCUT2D eigenvalue weighted by atomic mass is 35.5. The minimum absolute atomic E-state index is 0.379. The van der Waals surface area contributed by atoms with Crippen molar-refractivity contribution in [1.29, 1.82) is 0 Å². The fourth-order valence-corrected chi connectivity index (χ4v) is 2.44. The van der Waals surface area contributed by atoms with Crippen LogP contribution in [-0.2, 0) is 0 Å². The van der Waals surface area contributed by atoms with Gasteiger partial charge in [-0.1, -0.05) is 46.9 Å². The highest BCUT2D eigenvalue weighted by Gasteiger charge is 2.11. The molecule has 0 fully saturated rings. The van der Waals surface area contributed by atoms with Crippen LogP contribution >= 0.6 is 34.8 Å². The lowest BCUT2D eigenvalue weighted by molar-refractivity contribution is 0.412. The third-order valence-electron chi connectivity index (χ3n) is 2.74. The topological polar surface area (TPSA) is 9.23 Å². The van der Waals surface area contributed by atoms with Gasteiger partial charge in [-0.05, 0) is 36.2 Å². The van der Waals surface area contributed by atoms with E-state index in [1.807, 2.05) is 31.2 Å². The maximum atomic E-state index is 6.21. The van der Waals surface area contributed by atoms with E-state index < -0.39 is 0 Å². The van der Waals surface area contributed by atoms with Crippen molar-refractivity contribution in [3.63, 3.8) is 0 Å². The first-order valence-corrected chi connectivity index (χ1v) is 6.46. The molecule has 2 aromatic carbocycles. The molecule has 18 heavy (non-hydrogen) atoms. The number of hydrogen-bond donors (Lipinski definition) is 0. The summed E-state index contributed by atoms with van der Waals surface area (Å²) in [7, 11) is 1.65. The zero-order valence-electron chi connectivity index (χ0n) is 9.93. The number of ether oxygens (including phenoxy) is 1. The van der Waals surface area contributed by atoms with Gasteiger partial charge in [-0.3, -0.25) is 0 Å². The molecule has 0 unspecified atom stereocenters. The van der Waals surface area contributed by atoms with Gasteiger partial charge < -0.3 is 4.74 Å². The lowest BCUT2D eigenvalue weighted by Gasteiger charge is -2.10. The fraction of sp³-hybridized carbons (Fsp3) is 0.143. The predicted octanol–water partition coefficient (Wildman–Crippen LogP) is 5.63. The predicted molar refractivity (Wildman–Crippen MR) is 78.2 cm³/mol.